The highest BCUT2D eigenvalue weighted by atomic mass is 32.2. The summed E-state index contributed by atoms with van der Waals surface area (Å²) in [5.74, 6) is 6.29. The smallest absolute Gasteiger partial charge is 0.294 e. The van der Waals surface area contributed by atoms with Crippen molar-refractivity contribution in [3.63, 3.8) is 0 Å². The Balaban J connectivity index is 1.83. The van der Waals surface area contributed by atoms with E-state index in [0.29, 0.717) is 10.9 Å². The first-order chi connectivity index (χ1) is 9.65. The molecule has 0 atom stereocenters. The van der Waals surface area contributed by atoms with Crippen molar-refractivity contribution in [3.05, 3.63) is 45.3 Å². The summed E-state index contributed by atoms with van der Waals surface area (Å²) in [7, 11) is 0. The molecule has 0 unspecified atom stereocenters. The third-order valence-corrected chi connectivity index (χ3v) is 4.86. The van der Waals surface area contributed by atoms with Gasteiger partial charge in [-0.3, -0.25) is 4.79 Å². The molecular formula is C12H11N5OS2. The predicted molar refractivity (Wildman–Crippen MR) is 80.4 cm³/mol. The van der Waals surface area contributed by atoms with E-state index < -0.39 is 0 Å². The highest BCUT2D eigenvalue weighted by Gasteiger charge is 2.09. The van der Waals surface area contributed by atoms with E-state index in [-0.39, 0.29) is 11.3 Å². The fourth-order valence-corrected chi connectivity index (χ4v) is 3.49. The Morgan fingerprint density at radius 2 is 2.15 bits per heavy atom. The first-order valence-corrected chi connectivity index (χ1v) is 7.64. The number of thiazole rings is 1. The number of nitrogens with two attached hydrogens (primary N) is 1. The van der Waals surface area contributed by atoms with E-state index in [2.05, 4.69) is 15.2 Å². The van der Waals surface area contributed by atoms with Crippen LogP contribution in [0.25, 0.3) is 10.2 Å². The van der Waals surface area contributed by atoms with Crippen molar-refractivity contribution in [1.29, 1.82) is 0 Å². The van der Waals surface area contributed by atoms with Crippen LogP contribution in [0.1, 0.15) is 10.7 Å². The topological polar surface area (TPSA) is 86.7 Å². The molecule has 20 heavy (non-hydrogen) atoms. The van der Waals surface area contributed by atoms with Crippen LogP contribution in [-0.2, 0) is 5.75 Å². The molecule has 0 aliphatic rings. The zero-order valence-electron chi connectivity index (χ0n) is 10.6. The Bertz CT molecular complexity index is 793. The number of para-hydroxylation sites is 1. The average Bonchev–Trinajstić information content (AvgIpc) is 2.87. The summed E-state index contributed by atoms with van der Waals surface area (Å²) < 4.78 is 2.17. The van der Waals surface area contributed by atoms with Crippen LogP contribution < -0.4 is 11.4 Å². The number of thioether (sulfide) groups is 1. The number of benzene rings is 1. The number of aryl methyl sites for hydroxylation is 1. The summed E-state index contributed by atoms with van der Waals surface area (Å²) in [6.07, 6.45) is 0. The van der Waals surface area contributed by atoms with Crippen LogP contribution in [0.15, 0.2) is 34.2 Å². The van der Waals surface area contributed by atoms with Crippen LogP contribution in [-0.4, -0.2) is 19.9 Å². The molecule has 2 N–H and O–H groups in total. The number of rotatable bonds is 3. The third kappa shape index (κ3) is 2.39. The lowest BCUT2D eigenvalue weighted by Crippen LogP contribution is -2.32. The molecule has 3 aromatic rings. The number of nitrogens with zero attached hydrogens (tertiary/aromatic N) is 4. The van der Waals surface area contributed by atoms with Gasteiger partial charge in [0.1, 0.15) is 10.7 Å². The molecule has 3 rings (SSSR count). The van der Waals surface area contributed by atoms with E-state index in [0.717, 1.165) is 19.9 Å². The van der Waals surface area contributed by atoms with E-state index in [1.165, 1.54) is 11.8 Å². The quantitative estimate of drug-likeness (QED) is 0.584. The van der Waals surface area contributed by atoms with Gasteiger partial charge >= 0.3 is 0 Å². The van der Waals surface area contributed by atoms with E-state index in [1.54, 1.807) is 18.3 Å². The molecule has 8 heteroatoms. The van der Waals surface area contributed by atoms with Gasteiger partial charge in [-0.2, -0.15) is 4.68 Å². The molecule has 0 aliphatic heterocycles. The first kappa shape index (κ1) is 13.1. The zero-order valence-corrected chi connectivity index (χ0v) is 12.2. The maximum absolute atomic E-state index is 11.7. The van der Waals surface area contributed by atoms with Gasteiger partial charge in [-0.25, -0.2) is 4.98 Å². The fraction of sp³-hybridized carbons (Fsp3) is 0.167. The van der Waals surface area contributed by atoms with Gasteiger partial charge in [0.25, 0.3) is 5.56 Å². The lowest BCUT2D eigenvalue weighted by Gasteiger charge is -2.04. The molecule has 0 aliphatic carbocycles. The molecule has 0 bridgehead atoms. The molecule has 102 valence electrons. The van der Waals surface area contributed by atoms with Crippen molar-refractivity contribution in [3.8, 4) is 0 Å². The maximum Gasteiger partial charge on any atom is 0.294 e. The normalized spacial score (nSPS) is 11.1. The molecule has 0 saturated heterocycles. The molecule has 0 saturated carbocycles. The van der Waals surface area contributed by atoms with Gasteiger partial charge in [0.2, 0.25) is 5.16 Å². The lowest BCUT2D eigenvalue weighted by molar-refractivity contribution is 0.681. The van der Waals surface area contributed by atoms with Gasteiger partial charge in [-0.1, -0.05) is 23.9 Å². The van der Waals surface area contributed by atoms with E-state index >= 15 is 0 Å². The summed E-state index contributed by atoms with van der Waals surface area (Å²) in [5, 5.41) is 9.08. The van der Waals surface area contributed by atoms with Gasteiger partial charge < -0.3 is 5.84 Å². The molecule has 0 radical (unpaired) electrons. The minimum Gasteiger partial charge on any atom is -0.334 e. The number of hydrogen-bond donors (Lipinski definition) is 1. The van der Waals surface area contributed by atoms with Gasteiger partial charge in [-0.05, 0) is 19.1 Å². The Morgan fingerprint density at radius 3 is 2.95 bits per heavy atom. The van der Waals surface area contributed by atoms with Crippen molar-refractivity contribution in [1.82, 2.24) is 19.9 Å². The van der Waals surface area contributed by atoms with Crippen LogP contribution >= 0.6 is 23.1 Å². The van der Waals surface area contributed by atoms with Crippen LogP contribution in [0.4, 0.5) is 0 Å². The number of aromatic nitrogens is 4. The second-order valence-corrected chi connectivity index (χ2v) is 6.16. The Labute approximate surface area is 122 Å². The van der Waals surface area contributed by atoms with Crippen LogP contribution in [0.5, 0.6) is 0 Å². The molecular weight excluding hydrogens is 294 g/mol. The average molecular weight is 305 g/mol. The summed E-state index contributed by atoms with van der Waals surface area (Å²) >= 11 is 2.97. The Morgan fingerprint density at radius 1 is 1.35 bits per heavy atom. The van der Waals surface area contributed by atoms with Crippen molar-refractivity contribution >= 4 is 33.3 Å². The van der Waals surface area contributed by atoms with Crippen molar-refractivity contribution in [2.75, 3.05) is 5.84 Å². The molecule has 2 heterocycles. The second kappa shape index (κ2) is 5.22. The molecule has 1 aromatic carbocycles. The van der Waals surface area contributed by atoms with E-state index in [4.69, 9.17) is 5.84 Å². The minimum atomic E-state index is -0.327. The standard InChI is InChI=1S/C12H11N5OS2/c1-7-11(18)17(13)12(16-15-7)19-6-10-14-8-4-2-3-5-9(8)20-10/h2-5H,6,13H2,1H3. The monoisotopic (exact) mass is 305 g/mol. The van der Waals surface area contributed by atoms with Gasteiger partial charge in [0.05, 0.1) is 16.0 Å². The van der Waals surface area contributed by atoms with Crippen LogP contribution in [0.2, 0.25) is 0 Å². The minimum absolute atomic E-state index is 0.289. The number of fused-ring (bicyclic) bond motifs is 1. The van der Waals surface area contributed by atoms with Crippen molar-refractivity contribution in [2.45, 2.75) is 17.8 Å². The number of nitrogen functional groups attached to an aromatic ring is 1. The molecule has 0 fully saturated rings. The summed E-state index contributed by atoms with van der Waals surface area (Å²) in [6.45, 7) is 1.58. The zero-order chi connectivity index (χ0) is 14.1. The maximum atomic E-state index is 11.7. The molecule has 0 spiro atoms. The highest BCUT2D eigenvalue weighted by molar-refractivity contribution is 7.98. The summed E-state index contributed by atoms with van der Waals surface area (Å²) in [4.78, 5) is 16.2. The van der Waals surface area contributed by atoms with Crippen molar-refractivity contribution < 1.29 is 0 Å². The third-order valence-electron chi connectivity index (χ3n) is 2.68. The van der Waals surface area contributed by atoms with E-state index in [1.807, 2.05) is 24.3 Å². The Hall–Kier alpha value is -1.93. The Kier molecular flexibility index (Phi) is 3.41. The van der Waals surface area contributed by atoms with Crippen LogP contribution in [0.3, 0.4) is 0 Å². The largest absolute Gasteiger partial charge is 0.334 e. The predicted octanol–water partition coefficient (Wildman–Crippen LogP) is 1.56. The van der Waals surface area contributed by atoms with Gasteiger partial charge in [-0.15, -0.1) is 21.5 Å². The molecule has 2 aromatic heterocycles. The van der Waals surface area contributed by atoms with E-state index in [9.17, 15) is 4.79 Å². The van der Waals surface area contributed by atoms with Crippen molar-refractivity contribution in [2.24, 2.45) is 0 Å². The first-order valence-electron chi connectivity index (χ1n) is 5.84. The summed E-state index contributed by atoms with van der Waals surface area (Å²) in [6, 6.07) is 7.96. The molecule has 0 amide bonds. The van der Waals surface area contributed by atoms with Crippen LogP contribution in [0, 0.1) is 6.92 Å². The SMILES string of the molecule is Cc1nnc(SCc2nc3ccccc3s2)n(N)c1=O. The molecule has 6 nitrogen and oxygen atoms in total. The fourth-order valence-electron chi connectivity index (χ4n) is 1.68. The number of hydrogen-bond acceptors (Lipinski definition) is 7. The lowest BCUT2D eigenvalue weighted by atomic mass is 10.3. The van der Waals surface area contributed by atoms with Gasteiger partial charge in [0, 0.05) is 0 Å². The van der Waals surface area contributed by atoms with Gasteiger partial charge in [0.15, 0.2) is 0 Å². The second-order valence-electron chi connectivity index (χ2n) is 4.11. The highest BCUT2D eigenvalue weighted by Crippen LogP contribution is 2.26. The summed E-state index contributed by atoms with van der Waals surface area (Å²) in [5.41, 5.74) is 0.942.